The first-order valence-electron chi connectivity index (χ1n) is 5.70. The second-order valence-corrected chi connectivity index (χ2v) is 4.74. The number of hydrogen-bond donors (Lipinski definition) is 0. The molecule has 0 spiro atoms. The summed E-state index contributed by atoms with van der Waals surface area (Å²) in [5.74, 6) is 0.543. The third-order valence-electron chi connectivity index (χ3n) is 2.83. The Morgan fingerprint density at radius 2 is 2.17 bits per heavy atom. The first-order valence-corrected chi connectivity index (χ1v) is 6.46. The van der Waals surface area contributed by atoms with Crippen LogP contribution in [0.4, 0.5) is 5.82 Å². The van der Waals surface area contributed by atoms with Crippen molar-refractivity contribution in [2.75, 3.05) is 11.6 Å². The minimum Gasteiger partial charge on any atom is -0.356 e. The topological polar surface area (TPSA) is 50.6 Å². The van der Waals surface area contributed by atoms with Crippen molar-refractivity contribution >= 4 is 35.7 Å². The van der Waals surface area contributed by atoms with Crippen LogP contribution in [0.5, 0.6) is 0 Å². The van der Waals surface area contributed by atoms with Gasteiger partial charge in [-0.1, -0.05) is 11.6 Å². The standard InChI is InChI=1S/C11H14Cl2N4O/c1-7-9(12)15-11(13)16-10(7)17(14-2)8-5-3-4-6-18-8/h8H,2-6H2,1H3. The summed E-state index contributed by atoms with van der Waals surface area (Å²) >= 11 is 11.8. The monoisotopic (exact) mass is 288 g/mol. The van der Waals surface area contributed by atoms with Crippen LogP contribution in [0.3, 0.4) is 0 Å². The Morgan fingerprint density at radius 3 is 2.78 bits per heavy atom. The summed E-state index contributed by atoms with van der Waals surface area (Å²) in [5.41, 5.74) is 0.711. The molecule has 0 aromatic carbocycles. The average molecular weight is 289 g/mol. The lowest BCUT2D eigenvalue weighted by atomic mass is 10.2. The van der Waals surface area contributed by atoms with E-state index in [1.165, 1.54) is 0 Å². The molecule has 5 nitrogen and oxygen atoms in total. The Kier molecular flexibility index (Phi) is 4.37. The van der Waals surface area contributed by atoms with E-state index in [-0.39, 0.29) is 11.5 Å². The zero-order chi connectivity index (χ0) is 13.1. The maximum absolute atomic E-state index is 5.99. The third kappa shape index (κ3) is 2.74. The highest BCUT2D eigenvalue weighted by Crippen LogP contribution is 2.29. The molecule has 1 atom stereocenters. The van der Waals surface area contributed by atoms with Gasteiger partial charge in [-0.15, -0.1) is 0 Å². The number of rotatable bonds is 3. The van der Waals surface area contributed by atoms with Crippen molar-refractivity contribution in [1.29, 1.82) is 0 Å². The fourth-order valence-corrected chi connectivity index (χ4v) is 2.26. The molecular weight excluding hydrogens is 275 g/mol. The van der Waals surface area contributed by atoms with E-state index in [4.69, 9.17) is 27.9 Å². The molecule has 0 bridgehead atoms. The zero-order valence-corrected chi connectivity index (χ0v) is 11.6. The smallest absolute Gasteiger partial charge is 0.225 e. The summed E-state index contributed by atoms with van der Waals surface area (Å²) in [7, 11) is 0. The summed E-state index contributed by atoms with van der Waals surface area (Å²) in [4.78, 5) is 8.05. The molecule has 18 heavy (non-hydrogen) atoms. The van der Waals surface area contributed by atoms with Crippen molar-refractivity contribution in [3.05, 3.63) is 16.0 Å². The fraction of sp³-hybridized carbons (Fsp3) is 0.545. The molecule has 1 aliphatic heterocycles. The summed E-state index contributed by atoms with van der Waals surface area (Å²) in [6.07, 6.45) is 2.85. The zero-order valence-electron chi connectivity index (χ0n) is 10.1. The van der Waals surface area contributed by atoms with Crippen molar-refractivity contribution < 1.29 is 4.74 Å². The molecule has 0 amide bonds. The Balaban J connectivity index is 2.34. The number of halogens is 2. The molecule has 1 aromatic rings. The van der Waals surface area contributed by atoms with Gasteiger partial charge in [0.2, 0.25) is 5.28 Å². The quantitative estimate of drug-likeness (QED) is 0.371. The molecule has 2 rings (SSSR count). The molecule has 7 heteroatoms. The van der Waals surface area contributed by atoms with Crippen LogP contribution in [0, 0.1) is 6.92 Å². The van der Waals surface area contributed by atoms with Gasteiger partial charge in [-0.3, -0.25) is 0 Å². The second kappa shape index (κ2) is 5.82. The van der Waals surface area contributed by atoms with E-state index in [2.05, 4.69) is 21.8 Å². The maximum atomic E-state index is 5.99. The van der Waals surface area contributed by atoms with Crippen LogP contribution in [0.1, 0.15) is 24.8 Å². The van der Waals surface area contributed by atoms with Crippen LogP contribution in [-0.4, -0.2) is 29.5 Å². The summed E-state index contributed by atoms with van der Waals surface area (Å²) in [6.45, 7) is 6.09. The Morgan fingerprint density at radius 1 is 1.39 bits per heavy atom. The fourth-order valence-electron chi connectivity index (χ4n) is 1.89. The minimum absolute atomic E-state index is 0.0880. The van der Waals surface area contributed by atoms with E-state index in [0.717, 1.165) is 19.3 Å². The van der Waals surface area contributed by atoms with Gasteiger partial charge in [-0.05, 0) is 37.8 Å². The van der Waals surface area contributed by atoms with Gasteiger partial charge in [0.15, 0.2) is 12.0 Å². The number of hydrogen-bond acceptors (Lipinski definition) is 5. The predicted molar refractivity (Wildman–Crippen MR) is 72.4 cm³/mol. The molecule has 1 saturated heterocycles. The van der Waals surface area contributed by atoms with Crippen LogP contribution in [0.15, 0.2) is 5.10 Å². The van der Waals surface area contributed by atoms with Crippen LogP contribution < -0.4 is 5.01 Å². The van der Waals surface area contributed by atoms with Gasteiger partial charge < -0.3 is 4.74 Å². The van der Waals surface area contributed by atoms with Gasteiger partial charge >= 0.3 is 0 Å². The van der Waals surface area contributed by atoms with Gasteiger partial charge in [0.05, 0.1) is 0 Å². The van der Waals surface area contributed by atoms with E-state index in [0.29, 0.717) is 23.1 Å². The van der Waals surface area contributed by atoms with Gasteiger partial charge in [0.25, 0.3) is 0 Å². The maximum Gasteiger partial charge on any atom is 0.225 e. The summed E-state index contributed by atoms with van der Waals surface area (Å²) < 4.78 is 5.67. The number of ether oxygens (including phenoxy) is 1. The van der Waals surface area contributed by atoms with Crippen molar-refractivity contribution in [1.82, 2.24) is 9.97 Å². The SMILES string of the molecule is C=NN(c1nc(Cl)nc(Cl)c1C)C1CCCCO1. The highest BCUT2D eigenvalue weighted by Gasteiger charge is 2.25. The number of hydrazone groups is 1. The largest absolute Gasteiger partial charge is 0.356 e. The number of nitrogens with zero attached hydrogens (tertiary/aromatic N) is 4. The predicted octanol–water partition coefficient (Wildman–Crippen LogP) is 3.04. The number of aromatic nitrogens is 2. The number of anilines is 1. The molecular formula is C11H14Cl2N4O. The Hall–Kier alpha value is -0.910. The van der Waals surface area contributed by atoms with Crippen LogP contribution >= 0.6 is 23.2 Å². The van der Waals surface area contributed by atoms with Crippen LogP contribution in [-0.2, 0) is 4.74 Å². The highest BCUT2D eigenvalue weighted by molar-refractivity contribution is 6.32. The Bertz CT molecular complexity index is 449. The lowest BCUT2D eigenvalue weighted by molar-refractivity contribution is 0.0142. The molecule has 1 fully saturated rings. The van der Waals surface area contributed by atoms with Gasteiger partial charge in [-0.25, -0.2) is 9.99 Å². The highest BCUT2D eigenvalue weighted by atomic mass is 35.5. The Labute approximate surface area is 116 Å². The van der Waals surface area contributed by atoms with Crippen LogP contribution in [0.2, 0.25) is 10.4 Å². The van der Waals surface area contributed by atoms with Crippen molar-refractivity contribution in [2.24, 2.45) is 5.10 Å². The molecule has 0 saturated carbocycles. The molecule has 0 N–H and O–H groups in total. The van der Waals surface area contributed by atoms with Gasteiger partial charge in [0, 0.05) is 18.9 Å². The molecule has 2 heterocycles. The van der Waals surface area contributed by atoms with E-state index in [1.54, 1.807) is 5.01 Å². The van der Waals surface area contributed by atoms with E-state index in [1.807, 2.05) is 6.92 Å². The van der Waals surface area contributed by atoms with Gasteiger partial charge in [-0.2, -0.15) is 10.1 Å². The summed E-state index contributed by atoms with van der Waals surface area (Å²) in [5, 5.41) is 6.00. The van der Waals surface area contributed by atoms with Crippen molar-refractivity contribution in [3.8, 4) is 0 Å². The summed E-state index contributed by atoms with van der Waals surface area (Å²) in [6, 6.07) is 0. The molecule has 0 radical (unpaired) electrons. The second-order valence-electron chi connectivity index (χ2n) is 4.04. The van der Waals surface area contributed by atoms with E-state index < -0.39 is 0 Å². The van der Waals surface area contributed by atoms with Gasteiger partial charge in [0.1, 0.15) is 5.15 Å². The molecule has 1 aliphatic rings. The molecule has 1 aromatic heterocycles. The van der Waals surface area contributed by atoms with Crippen LogP contribution in [0.25, 0.3) is 0 Å². The lowest BCUT2D eigenvalue weighted by Crippen LogP contribution is -2.36. The normalized spacial score (nSPS) is 19.6. The third-order valence-corrected chi connectivity index (χ3v) is 3.37. The lowest BCUT2D eigenvalue weighted by Gasteiger charge is -2.31. The minimum atomic E-state index is -0.169. The molecule has 1 unspecified atom stereocenters. The van der Waals surface area contributed by atoms with E-state index in [9.17, 15) is 0 Å². The first-order chi connectivity index (χ1) is 8.63. The van der Waals surface area contributed by atoms with E-state index >= 15 is 0 Å². The molecule has 0 aliphatic carbocycles. The first kappa shape index (κ1) is 13.5. The van der Waals surface area contributed by atoms with Crippen molar-refractivity contribution in [2.45, 2.75) is 32.4 Å². The average Bonchev–Trinajstić information content (AvgIpc) is 2.37. The van der Waals surface area contributed by atoms with Crippen molar-refractivity contribution in [3.63, 3.8) is 0 Å². The molecule has 98 valence electrons.